The molecule has 1 amide bonds. The van der Waals surface area contributed by atoms with Crippen LogP contribution in [-0.4, -0.2) is 46.7 Å². The van der Waals surface area contributed by atoms with Gasteiger partial charge in [0.25, 0.3) is 5.91 Å². The fourth-order valence-electron chi connectivity index (χ4n) is 4.10. The van der Waals surface area contributed by atoms with Crippen LogP contribution in [0.1, 0.15) is 47.3 Å². The third-order valence-corrected chi connectivity index (χ3v) is 5.88. The van der Waals surface area contributed by atoms with Crippen LogP contribution in [0.15, 0.2) is 24.7 Å². The topological polar surface area (TPSA) is 81.7 Å². The average molecular weight is 391 g/mol. The van der Waals surface area contributed by atoms with E-state index in [4.69, 9.17) is 10.1 Å². The van der Waals surface area contributed by atoms with Crippen molar-refractivity contribution in [1.29, 1.82) is 0 Å². The summed E-state index contributed by atoms with van der Waals surface area (Å²) in [4.78, 5) is 27.7. The van der Waals surface area contributed by atoms with Gasteiger partial charge in [0.15, 0.2) is 5.82 Å². The van der Waals surface area contributed by atoms with Crippen LogP contribution in [0.2, 0.25) is 0 Å². The minimum absolute atomic E-state index is 0.135. The molecule has 3 aromatic rings. The third kappa shape index (κ3) is 3.22. The minimum Gasteiger partial charge on any atom is -0.331 e. The number of carbonyl (C=O) groups is 1. The van der Waals surface area contributed by atoms with Crippen LogP contribution in [-0.2, 0) is 26.1 Å². The summed E-state index contributed by atoms with van der Waals surface area (Å²) in [6.45, 7) is 7.16. The van der Waals surface area contributed by atoms with Gasteiger partial charge in [0.05, 0.1) is 6.54 Å². The van der Waals surface area contributed by atoms with Gasteiger partial charge in [-0.15, -0.1) is 0 Å². The first-order valence-electron chi connectivity index (χ1n) is 10.3. The number of aryl methyl sites for hydroxylation is 2. The molecule has 1 fully saturated rings. The molecular weight excluding hydrogens is 366 g/mol. The zero-order valence-electron chi connectivity index (χ0n) is 16.9. The Morgan fingerprint density at radius 3 is 2.72 bits per heavy atom. The van der Waals surface area contributed by atoms with E-state index in [0.717, 1.165) is 48.2 Å². The first-order chi connectivity index (χ1) is 14.2. The quantitative estimate of drug-likeness (QED) is 0.667. The Morgan fingerprint density at radius 2 is 2.00 bits per heavy atom. The summed E-state index contributed by atoms with van der Waals surface area (Å²) in [5.41, 5.74) is 4.37. The Balaban J connectivity index is 1.52. The third-order valence-electron chi connectivity index (χ3n) is 5.88. The van der Waals surface area contributed by atoms with Gasteiger partial charge in [-0.25, -0.2) is 15.0 Å². The highest BCUT2D eigenvalue weighted by Gasteiger charge is 2.31. The number of amides is 1. The minimum atomic E-state index is -0.135. The zero-order chi connectivity index (χ0) is 20.0. The molecule has 2 aliphatic rings. The molecule has 1 saturated carbocycles. The Bertz CT molecular complexity index is 1050. The number of hydrogen-bond donors (Lipinski definition) is 0. The monoisotopic (exact) mass is 391 g/mol. The van der Waals surface area contributed by atoms with Crippen molar-refractivity contribution in [3.05, 3.63) is 47.4 Å². The highest BCUT2D eigenvalue weighted by atomic mass is 16.2. The van der Waals surface area contributed by atoms with E-state index in [-0.39, 0.29) is 11.7 Å². The molecule has 0 bridgehead atoms. The Labute approximate surface area is 169 Å². The lowest BCUT2D eigenvalue weighted by Crippen LogP contribution is -2.37. The summed E-state index contributed by atoms with van der Waals surface area (Å²) in [7, 11) is 0. The molecule has 29 heavy (non-hydrogen) atoms. The molecule has 1 aliphatic carbocycles. The number of nitrogens with zero attached hydrogens (tertiary/aromatic N) is 7. The molecule has 150 valence electrons. The van der Waals surface area contributed by atoms with E-state index in [1.807, 2.05) is 11.1 Å². The Morgan fingerprint density at radius 1 is 1.21 bits per heavy atom. The number of aromatic nitrogens is 6. The van der Waals surface area contributed by atoms with Gasteiger partial charge in [-0.3, -0.25) is 9.48 Å². The van der Waals surface area contributed by atoms with Crippen LogP contribution < -0.4 is 0 Å². The summed E-state index contributed by atoms with van der Waals surface area (Å²) in [5.74, 6) is 1.78. The van der Waals surface area contributed by atoms with Gasteiger partial charge in [0.2, 0.25) is 5.82 Å². The van der Waals surface area contributed by atoms with Crippen molar-refractivity contribution < 1.29 is 4.79 Å². The van der Waals surface area contributed by atoms with Crippen molar-refractivity contribution in [2.45, 2.75) is 52.7 Å². The normalized spacial score (nSPS) is 16.1. The van der Waals surface area contributed by atoms with Gasteiger partial charge in [0.1, 0.15) is 5.69 Å². The molecule has 1 aliphatic heterocycles. The number of fused-ring (bicyclic) bond motifs is 1. The predicted octanol–water partition coefficient (Wildman–Crippen LogP) is 2.47. The first-order valence-corrected chi connectivity index (χ1v) is 10.3. The van der Waals surface area contributed by atoms with E-state index < -0.39 is 0 Å². The van der Waals surface area contributed by atoms with Gasteiger partial charge >= 0.3 is 0 Å². The van der Waals surface area contributed by atoms with Crippen molar-refractivity contribution >= 4 is 5.91 Å². The van der Waals surface area contributed by atoms with Crippen molar-refractivity contribution in [1.82, 2.24) is 34.2 Å². The lowest BCUT2D eigenvalue weighted by molar-refractivity contribution is 0.0721. The first kappa shape index (κ1) is 18.0. The van der Waals surface area contributed by atoms with Crippen LogP contribution in [0.4, 0.5) is 0 Å². The summed E-state index contributed by atoms with van der Waals surface area (Å²) in [6.07, 6.45) is 8.49. The molecule has 0 saturated heterocycles. The smallest absolute Gasteiger partial charge is 0.291 e. The summed E-state index contributed by atoms with van der Waals surface area (Å²) in [5, 5.41) is 4.91. The van der Waals surface area contributed by atoms with Crippen LogP contribution in [0.25, 0.3) is 11.5 Å². The lowest BCUT2D eigenvalue weighted by Gasteiger charge is -2.27. The zero-order valence-corrected chi connectivity index (χ0v) is 16.9. The predicted molar refractivity (Wildman–Crippen MR) is 107 cm³/mol. The maximum atomic E-state index is 12.9. The Hall–Kier alpha value is -3.03. The number of hydrogen-bond acceptors (Lipinski definition) is 5. The largest absolute Gasteiger partial charge is 0.331 e. The lowest BCUT2D eigenvalue weighted by atomic mass is 10.0. The molecule has 0 N–H and O–H groups in total. The standard InChI is InChI=1S/C21H25N7O/c1-3-28-17-7-10-26(21(29)19-22-8-4-9-23-19)13-16(17)18(25-28)20-24-11-14(2)27(20)12-15-5-6-15/h4,8-9,11,15H,3,5-7,10,12-13H2,1-2H3. The molecule has 5 rings (SSSR count). The van der Waals surface area contributed by atoms with Gasteiger partial charge in [-0.2, -0.15) is 5.10 Å². The molecule has 0 atom stereocenters. The van der Waals surface area contributed by atoms with E-state index in [2.05, 4.69) is 33.1 Å². The molecule has 0 spiro atoms. The second-order valence-corrected chi connectivity index (χ2v) is 7.92. The van der Waals surface area contributed by atoms with E-state index in [9.17, 15) is 4.79 Å². The second-order valence-electron chi connectivity index (χ2n) is 7.92. The second kappa shape index (κ2) is 7.09. The van der Waals surface area contributed by atoms with Gasteiger partial charge < -0.3 is 9.47 Å². The fourth-order valence-corrected chi connectivity index (χ4v) is 4.10. The molecule has 0 radical (unpaired) electrons. The summed E-state index contributed by atoms with van der Waals surface area (Å²) >= 11 is 0. The molecular formula is C21H25N7O. The fraction of sp³-hybridized carbons (Fsp3) is 0.476. The molecule has 0 unspecified atom stereocenters. The van der Waals surface area contributed by atoms with E-state index in [1.54, 1.807) is 18.5 Å². The van der Waals surface area contributed by atoms with Crippen LogP contribution >= 0.6 is 0 Å². The Kier molecular flexibility index (Phi) is 4.41. The van der Waals surface area contributed by atoms with Gasteiger partial charge in [-0.05, 0) is 38.7 Å². The molecule has 8 nitrogen and oxygen atoms in total. The molecule has 4 heterocycles. The highest BCUT2D eigenvalue weighted by Crippen LogP contribution is 2.35. The van der Waals surface area contributed by atoms with E-state index >= 15 is 0 Å². The van der Waals surface area contributed by atoms with Crippen molar-refractivity contribution in [2.24, 2.45) is 5.92 Å². The van der Waals surface area contributed by atoms with E-state index in [1.165, 1.54) is 18.5 Å². The maximum absolute atomic E-state index is 12.9. The van der Waals surface area contributed by atoms with Crippen LogP contribution in [0.5, 0.6) is 0 Å². The molecule has 8 heteroatoms. The van der Waals surface area contributed by atoms with Crippen molar-refractivity contribution in [3.63, 3.8) is 0 Å². The van der Waals surface area contributed by atoms with E-state index in [0.29, 0.717) is 13.1 Å². The summed E-state index contributed by atoms with van der Waals surface area (Å²) < 4.78 is 4.36. The van der Waals surface area contributed by atoms with Crippen molar-refractivity contribution in [3.8, 4) is 11.5 Å². The average Bonchev–Trinajstić information content (AvgIpc) is 3.41. The summed E-state index contributed by atoms with van der Waals surface area (Å²) in [6, 6.07) is 1.72. The van der Waals surface area contributed by atoms with Gasteiger partial charge in [-0.1, -0.05) is 0 Å². The SMILES string of the molecule is CCn1nc(-c2ncc(C)n2CC2CC2)c2c1CCN(C(=O)c1ncccn1)C2. The number of carbonyl (C=O) groups excluding carboxylic acids is 1. The van der Waals surface area contributed by atoms with Crippen LogP contribution in [0.3, 0.4) is 0 Å². The number of imidazole rings is 1. The number of rotatable bonds is 5. The maximum Gasteiger partial charge on any atom is 0.291 e. The molecule has 0 aromatic carbocycles. The molecule has 3 aromatic heterocycles. The highest BCUT2D eigenvalue weighted by molar-refractivity contribution is 5.90. The van der Waals surface area contributed by atoms with Crippen molar-refractivity contribution in [2.75, 3.05) is 6.54 Å². The van der Waals surface area contributed by atoms with Crippen LogP contribution in [0, 0.1) is 12.8 Å². The van der Waals surface area contributed by atoms with Gasteiger partial charge in [0, 0.05) is 61.6 Å².